The fourth-order valence-electron chi connectivity index (χ4n) is 3.15. The summed E-state index contributed by atoms with van der Waals surface area (Å²) >= 11 is 0. The number of carbonyl (C=O) groups excluding carboxylic acids is 1. The highest BCUT2D eigenvalue weighted by Gasteiger charge is 2.54. The van der Waals surface area contributed by atoms with Crippen molar-refractivity contribution < 1.29 is 19.0 Å². The van der Waals surface area contributed by atoms with Gasteiger partial charge in [-0.05, 0) is 18.6 Å². The van der Waals surface area contributed by atoms with Gasteiger partial charge in [-0.3, -0.25) is 9.78 Å². The minimum absolute atomic E-state index is 0.0248. The maximum Gasteiger partial charge on any atom is 0.248 e. The van der Waals surface area contributed by atoms with Gasteiger partial charge in [-0.2, -0.15) is 0 Å². The second-order valence-electron chi connectivity index (χ2n) is 5.92. The van der Waals surface area contributed by atoms with Crippen molar-refractivity contribution in [1.29, 1.82) is 0 Å². The number of ether oxygens (including phenoxy) is 3. The summed E-state index contributed by atoms with van der Waals surface area (Å²) in [5.74, 6) is 0.361. The Morgan fingerprint density at radius 1 is 1.50 bits per heavy atom. The van der Waals surface area contributed by atoms with Crippen molar-refractivity contribution in [2.24, 2.45) is 5.92 Å². The van der Waals surface area contributed by atoms with Crippen LogP contribution < -0.4 is 0 Å². The molecule has 22 heavy (non-hydrogen) atoms. The Hall–Kier alpha value is -1.50. The molecule has 120 valence electrons. The zero-order chi connectivity index (χ0) is 15.4. The number of amides is 1. The molecule has 1 amide bonds. The molecule has 0 aromatic carbocycles. The number of aromatic nitrogens is 1. The van der Waals surface area contributed by atoms with Gasteiger partial charge in [0.2, 0.25) is 5.91 Å². The molecule has 1 aromatic heterocycles. The zero-order valence-electron chi connectivity index (χ0n) is 12.9. The van der Waals surface area contributed by atoms with Crippen LogP contribution in [-0.2, 0) is 25.6 Å². The van der Waals surface area contributed by atoms with Crippen molar-refractivity contribution in [2.75, 3.05) is 40.0 Å². The molecule has 1 atom stereocenters. The van der Waals surface area contributed by atoms with Crippen LogP contribution in [0.4, 0.5) is 0 Å². The minimum atomic E-state index is -0.215. The lowest BCUT2D eigenvalue weighted by Crippen LogP contribution is -2.67. The zero-order valence-corrected chi connectivity index (χ0v) is 12.9. The molecule has 6 nitrogen and oxygen atoms in total. The van der Waals surface area contributed by atoms with E-state index >= 15 is 0 Å². The molecular formula is C16H22N2O4. The van der Waals surface area contributed by atoms with E-state index in [1.807, 2.05) is 18.2 Å². The van der Waals surface area contributed by atoms with E-state index in [9.17, 15) is 4.79 Å². The van der Waals surface area contributed by atoms with Gasteiger partial charge in [0.25, 0.3) is 0 Å². The van der Waals surface area contributed by atoms with Crippen LogP contribution in [0, 0.1) is 5.92 Å². The highest BCUT2D eigenvalue weighted by atomic mass is 16.5. The Labute approximate surface area is 130 Å². The van der Waals surface area contributed by atoms with Gasteiger partial charge in [-0.1, -0.05) is 6.07 Å². The SMILES string of the molecule is COCC(=O)N1CC2(C1)OCCC2COCc1ccccn1. The molecule has 2 saturated heterocycles. The van der Waals surface area contributed by atoms with Gasteiger partial charge in [0.15, 0.2) is 0 Å². The largest absolute Gasteiger partial charge is 0.375 e. The summed E-state index contributed by atoms with van der Waals surface area (Å²) in [7, 11) is 1.54. The topological polar surface area (TPSA) is 60.9 Å². The van der Waals surface area contributed by atoms with Crippen molar-refractivity contribution in [3.8, 4) is 0 Å². The normalized spacial score (nSPS) is 22.8. The Kier molecular flexibility index (Phi) is 4.71. The van der Waals surface area contributed by atoms with E-state index in [2.05, 4.69) is 4.98 Å². The van der Waals surface area contributed by atoms with Gasteiger partial charge in [0.05, 0.1) is 32.0 Å². The summed E-state index contributed by atoms with van der Waals surface area (Å²) in [6.07, 6.45) is 2.75. The van der Waals surface area contributed by atoms with Gasteiger partial charge in [0, 0.05) is 25.8 Å². The van der Waals surface area contributed by atoms with E-state index < -0.39 is 0 Å². The Morgan fingerprint density at radius 3 is 3.09 bits per heavy atom. The lowest BCUT2D eigenvalue weighted by Gasteiger charge is -2.50. The molecular weight excluding hydrogens is 284 g/mol. The molecule has 3 heterocycles. The molecule has 0 saturated carbocycles. The van der Waals surface area contributed by atoms with Gasteiger partial charge in [-0.15, -0.1) is 0 Å². The highest BCUT2D eigenvalue weighted by molar-refractivity contribution is 5.78. The smallest absolute Gasteiger partial charge is 0.248 e. The molecule has 1 spiro atoms. The molecule has 3 rings (SSSR count). The fraction of sp³-hybridized carbons (Fsp3) is 0.625. The third kappa shape index (κ3) is 3.14. The number of hydrogen-bond donors (Lipinski definition) is 0. The predicted octanol–water partition coefficient (Wildman–Crippen LogP) is 0.862. The average Bonchev–Trinajstić information content (AvgIpc) is 2.91. The number of rotatable bonds is 6. The van der Waals surface area contributed by atoms with Crippen molar-refractivity contribution in [3.63, 3.8) is 0 Å². The fourth-order valence-corrected chi connectivity index (χ4v) is 3.15. The lowest BCUT2D eigenvalue weighted by molar-refractivity contribution is -0.172. The van der Waals surface area contributed by atoms with E-state index in [1.54, 1.807) is 11.1 Å². The molecule has 6 heteroatoms. The first-order valence-corrected chi connectivity index (χ1v) is 7.62. The Bertz CT molecular complexity index is 502. The third-order valence-electron chi connectivity index (χ3n) is 4.43. The second-order valence-corrected chi connectivity index (χ2v) is 5.92. The van der Waals surface area contributed by atoms with E-state index in [0.717, 1.165) is 18.7 Å². The number of methoxy groups -OCH3 is 1. The molecule has 0 aliphatic carbocycles. The van der Waals surface area contributed by atoms with Crippen LogP contribution in [0.1, 0.15) is 12.1 Å². The number of nitrogens with zero attached hydrogens (tertiary/aromatic N) is 2. The van der Waals surface area contributed by atoms with Crippen LogP contribution >= 0.6 is 0 Å². The van der Waals surface area contributed by atoms with Crippen LogP contribution in [-0.4, -0.2) is 61.4 Å². The maximum atomic E-state index is 11.8. The third-order valence-corrected chi connectivity index (χ3v) is 4.43. The minimum Gasteiger partial charge on any atom is -0.375 e. The van der Waals surface area contributed by atoms with Crippen LogP contribution in [0.3, 0.4) is 0 Å². The first kappa shape index (κ1) is 15.4. The molecule has 2 aliphatic rings. The van der Waals surface area contributed by atoms with E-state index in [1.165, 1.54) is 7.11 Å². The van der Waals surface area contributed by atoms with E-state index in [4.69, 9.17) is 14.2 Å². The molecule has 1 unspecified atom stereocenters. The van der Waals surface area contributed by atoms with Crippen molar-refractivity contribution in [2.45, 2.75) is 18.6 Å². The van der Waals surface area contributed by atoms with Crippen molar-refractivity contribution >= 4 is 5.91 Å². The standard InChI is InChI=1S/C16H22N2O4/c1-20-10-15(19)18-11-16(12-18)13(5-7-22-16)8-21-9-14-4-2-3-6-17-14/h2-4,6,13H,5,7-12H2,1H3. The molecule has 2 aliphatic heterocycles. The van der Waals surface area contributed by atoms with Crippen molar-refractivity contribution in [3.05, 3.63) is 30.1 Å². The summed E-state index contributed by atoms with van der Waals surface area (Å²) in [5.41, 5.74) is 0.717. The summed E-state index contributed by atoms with van der Waals surface area (Å²) in [6.45, 7) is 3.32. The quantitative estimate of drug-likeness (QED) is 0.780. The average molecular weight is 306 g/mol. The van der Waals surface area contributed by atoms with E-state index in [-0.39, 0.29) is 18.1 Å². The molecule has 0 N–H and O–H groups in total. The summed E-state index contributed by atoms with van der Waals surface area (Å²) < 4.78 is 16.6. The number of hydrogen-bond acceptors (Lipinski definition) is 5. The monoisotopic (exact) mass is 306 g/mol. The number of pyridine rings is 1. The van der Waals surface area contributed by atoms with E-state index in [0.29, 0.717) is 32.2 Å². The first-order valence-electron chi connectivity index (χ1n) is 7.62. The number of likely N-dealkylation sites (tertiary alicyclic amines) is 1. The lowest BCUT2D eigenvalue weighted by atomic mass is 9.81. The molecule has 2 fully saturated rings. The van der Waals surface area contributed by atoms with Crippen LogP contribution in [0.15, 0.2) is 24.4 Å². The van der Waals surface area contributed by atoms with Gasteiger partial charge in [0.1, 0.15) is 12.2 Å². The molecule has 1 aromatic rings. The Morgan fingerprint density at radius 2 is 2.36 bits per heavy atom. The van der Waals surface area contributed by atoms with Crippen LogP contribution in [0.2, 0.25) is 0 Å². The maximum absolute atomic E-state index is 11.8. The van der Waals surface area contributed by atoms with Gasteiger partial charge in [-0.25, -0.2) is 0 Å². The Balaban J connectivity index is 1.47. The predicted molar refractivity (Wildman–Crippen MR) is 79.1 cm³/mol. The molecule has 0 bridgehead atoms. The summed E-state index contributed by atoms with van der Waals surface area (Å²) in [4.78, 5) is 17.8. The highest BCUT2D eigenvalue weighted by Crippen LogP contribution is 2.40. The summed E-state index contributed by atoms with van der Waals surface area (Å²) in [5, 5.41) is 0. The summed E-state index contributed by atoms with van der Waals surface area (Å²) in [6, 6.07) is 5.80. The first-order chi connectivity index (χ1) is 10.7. The van der Waals surface area contributed by atoms with Crippen LogP contribution in [0.25, 0.3) is 0 Å². The second kappa shape index (κ2) is 6.73. The van der Waals surface area contributed by atoms with Gasteiger partial charge >= 0.3 is 0 Å². The van der Waals surface area contributed by atoms with Gasteiger partial charge < -0.3 is 19.1 Å². The van der Waals surface area contributed by atoms with Crippen LogP contribution in [0.5, 0.6) is 0 Å². The number of carbonyl (C=O) groups is 1. The molecule has 0 radical (unpaired) electrons. The van der Waals surface area contributed by atoms with Crippen molar-refractivity contribution in [1.82, 2.24) is 9.88 Å².